The minimum Gasteiger partial charge on any atom is -0.382 e. The molecule has 2 aliphatic rings. The van der Waals surface area contributed by atoms with Crippen molar-refractivity contribution in [3.05, 3.63) is 94.1 Å². The molecular formula is C38H36F4N6O2. The summed E-state index contributed by atoms with van der Waals surface area (Å²) in [4.78, 5) is 19.0. The van der Waals surface area contributed by atoms with Gasteiger partial charge in [-0.25, -0.2) is 22.5 Å². The molecule has 3 atom stereocenters. The summed E-state index contributed by atoms with van der Waals surface area (Å²) in [5.74, 6) is 3.96. The number of aromatic nitrogens is 5. The molecular weight excluding hydrogens is 648 g/mol. The normalized spacial score (nSPS) is 17.3. The first-order valence-corrected chi connectivity index (χ1v) is 16.6. The van der Waals surface area contributed by atoms with Crippen molar-refractivity contribution in [3.8, 4) is 23.0 Å². The molecule has 50 heavy (non-hydrogen) atoms. The van der Waals surface area contributed by atoms with Crippen LogP contribution in [0.3, 0.4) is 0 Å². The van der Waals surface area contributed by atoms with Crippen LogP contribution < -0.4 is 5.73 Å². The van der Waals surface area contributed by atoms with Crippen LogP contribution in [0.1, 0.15) is 85.3 Å². The standard InChI is InChI=1S/C38H36F4N6O2/c1-38(2,50)12-11-25-8-10-27(28-5-4-6-30-34(28)47(3)46-37(30)43)32(44-25)22(13-20-14-23(39)18-24(40)15-20)16-26(49)19-48-35-29(33(45-48)36(41)42)9-7-21-17-31(21)35/h4-6,8,10,14-15,18,21-22,31,36,50H,7,9,13,16-17,19H2,1-3H3,(H2,43,46)/t21?,22-,31?/m1/s1. The SMILES string of the molecule is Cn1nc(N)c2cccc(-c3ccc(C#CC(C)(C)O)nc3[C@@H](CC(=O)Cn3nc(C(F)F)c4c3C3CC3CC4)Cc3cc(F)cc(F)c3)c21. The highest BCUT2D eigenvalue weighted by molar-refractivity contribution is 6.00. The first-order chi connectivity index (χ1) is 23.8. The predicted octanol–water partition coefficient (Wildman–Crippen LogP) is 6.79. The first-order valence-electron chi connectivity index (χ1n) is 16.6. The van der Waals surface area contributed by atoms with Gasteiger partial charge in [-0.3, -0.25) is 14.2 Å². The smallest absolute Gasteiger partial charge is 0.282 e. The molecule has 5 aromatic rings. The van der Waals surface area contributed by atoms with Crippen LogP contribution in [0.4, 0.5) is 23.4 Å². The van der Waals surface area contributed by atoms with Crippen LogP contribution in [0, 0.1) is 29.4 Å². The van der Waals surface area contributed by atoms with Crippen LogP contribution in [-0.2, 0) is 31.2 Å². The minimum absolute atomic E-state index is 0.0243. The molecule has 12 heteroatoms. The van der Waals surface area contributed by atoms with Gasteiger partial charge in [-0.05, 0) is 87.3 Å². The molecule has 7 rings (SSSR count). The number of fused-ring (bicyclic) bond motifs is 4. The van der Waals surface area contributed by atoms with Crippen molar-refractivity contribution in [1.29, 1.82) is 0 Å². The van der Waals surface area contributed by atoms with E-state index in [9.17, 15) is 27.5 Å². The number of carbonyl (C=O) groups excluding carboxylic acids is 1. The van der Waals surface area contributed by atoms with E-state index in [-0.39, 0.29) is 36.8 Å². The lowest BCUT2D eigenvalue weighted by molar-refractivity contribution is -0.120. The fourth-order valence-corrected chi connectivity index (χ4v) is 7.40. The zero-order valence-electron chi connectivity index (χ0n) is 27.9. The first kappa shape index (κ1) is 33.5. The van der Waals surface area contributed by atoms with E-state index in [1.807, 2.05) is 24.3 Å². The van der Waals surface area contributed by atoms with Crippen LogP contribution in [-0.4, -0.2) is 41.0 Å². The second-order valence-corrected chi connectivity index (χ2v) is 13.9. The molecule has 2 aliphatic carbocycles. The number of carbonyl (C=O) groups is 1. The predicted molar refractivity (Wildman–Crippen MR) is 180 cm³/mol. The van der Waals surface area contributed by atoms with Gasteiger partial charge < -0.3 is 10.8 Å². The number of Topliss-reactive ketones (excluding diaryl/α,β-unsaturated/α-hetero) is 1. The number of halogens is 4. The van der Waals surface area contributed by atoms with Gasteiger partial charge in [-0.2, -0.15) is 10.2 Å². The van der Waals surface area contributed by atoms with Crippen molar-refractivity contribution < 1.29 is 27.5 Å². The number of para-hydroxylation sites is 1. The van der Waals surface area contributed by atoms with Crippen molar-refractivity contribution in [2.24, 2.45) is 13.0 Å². The molecule has 0 radical (unpaired) electrons. The van der Waals surface area contributed by atoms with Gasteiger partial charge in [0.1, 0.15) is 28.6 Å². The summed E-state index contributed by atoms with van der Waals surface area (Å²) in [6.45, 7) is 2.85. The third kappa shape index (κ3) is 6.62. The Labute approximate surface area is 286 Å². The van der Waals surface area contributed by atoms with E-state index >= 15 is 0 Å². The van der Waals surface area contributed by atoms with Crippen LogP contribution in [0.15, 0.2) is 48.5 Å². The number of nitrogens with two attached hydrogens (primary N) is 1. The van der Waals surface area contributed by atoms with Gasteiger partial charge in [0.05, 0.1) is 17.8 Å². The Morgan fingerprint density at radius 3 is 2.56 bits per heavy atom. The molecule has 1 fully saturated rings. The second-order valence-electron chi connectivity index (χ2n) is 13.9. The number of alkyl halides is 2. The molecule has 0 bridgehead atoms. The molecule has 8 nitrogen and oxygen atoms in total. The van der Waals surface area contributed by atoms with E-state index in [2.05, 4.69) is 22.0 Å². The largest absolute Gasteiger partial charge is 0.382 e. The van der Waals surface area contributed by atoms with E-state index in [4.69, 9.17) is 10.7 Å². The monoisotopic (exact) mass is 684 g/mol. The minimum atomic E-state index is -2.76. The van der Waals surface area contributed by atoms with Crippen molar-refractivity contribution >= 4 is 22.5 Å². The number of ketones is 1. The lowest BCUT2D eigenvalue weighted by atomic mass is 9.86. The number of anilines is 1. The number of rotatable bonds is 9. The molecule has 1 saturated carbocycles. The maximum absolute atomic E-state index is 14.5. The van der Waals surface area contributed by atoms with Crippen molar-refractivity contribution in [1.82, 2.24) is 24.5 Å². The molecule has 2 aromatic carbocycles. The molecule has 2 unspecified atom stereocenters. The van der Waals surface area contributed by atoms with Gasteiger partial charge in [0.15, 0.2) is 11.6 Å². The fraction of sp³-hybridized carbons (Fsp3) is 0.368. The Morgan fingerprint density at radius 2 is 1.84 bits per heavy atom. The zero-order chi connectivity index (χ0) is 35.5. The van der Waals surface area contributed by atoms with E-state index in [1.54, 1.807) is 31.6 Å². The van der Waals surface area contributed by atoms with Crippen molar-refractivity contribution in [3.63, 3.8) is 0 Å². The summed E-state index contributed by atoms with van der Waals surface area (Å²) in [6.07, 6.45) is -0.644. The Morgan fingerprint density at radius 1 is 1.08 bits per heavy atom. The number of hydrogen-bond donors (Lipinski definition) is 2. The number of aryl methyl sites for hydroxylation is 1. The Balaban J connectivity index is 1.35. The summed E-state index contributed by atoms with van der Waals surface area (Å²) in [5, 5.41) is 19.6. The molecule has 0 spiro atoms. The zero-order valence-corrected chi connectivity index (χ0v) is 27.9. The maximum atomic E-state index is 14.5. The lowest BCUT2D eigenvalue weighted by Gasteiger charge is -2.21. The molecule has 0 saturated heterocycles. The lowest BCUT2D eigenvalue weighted by Crippen LogP contribution is -2.20. The number of nitrogens with zero attached hydrogens (tertiary/aromatic N) is 5. The van der Waals surface area contributed by atoms with Gasteiger partial charge in [0, 0.05) is 59.1 Å². The van der Waals surface area contributed by atoms with Crippen LogP contribution in [0.5, 0.6) is 0 Å². The van der Waals surface area contributed by atoms with Gasteiger partial charge in [0.2, 0.25) is 0 Å². The second kappa shape index (κ2) is 12.7. The average Bonchev–Trinajstić information content (AvgIpc) is 3.66. The third-order valence-corrected chi connectivity index (χ3v) is 9.57. The highest BCUT2D eigenvalue weighted by Gasteiger charge is 2.46. The summed E-state index contributed by atoms with van der Waals surface area (Å²) < 4.78 is 60.1. The van der Waals surface area contributed by atoms with E-state index in [1.165, 1.54) is 16.8 Å². The van der Waals surface area contributed by atoms with Gasteiger partial charge >= 0.3 is 0 Å². The molecule has 0 aliphatic heterocycles. The molecule has 0 amide bonds. The number of pyridine rings is 1. The van der Waals surface area contributed by atoms with Crippen molar-refractivity contribution in [2.75, 3.05) is 5.73 Å². The number of nitrogen functional groups attached to an aromatic ring is 1. The third-order valence-electron chi connectivity index (χ3n) is 9.57. The summed E-state index contributed by atoms with van der Waals surface area (Å²) >= 11 is 0. The Bertz CT molecular complexity index is 2190. The van der Waals surface area contributed by atoms with Crippen LogP contribution in [0.25, 0.3) is 22.0 Å². The maximum Gasteiger partial charge on any atom is 0.282 e. The molecule has 258 valence electrons. The molecule has 3 N–H and O–H groups in total. The van der Waals surface area contributed by atoms with Gasteiger partial charge in [0.25, 0.3) is 6.43 Å². The van der Waals surface area contributed by atoms with E-state index in [0.717, 1.165) is 24.6 Å². The van der Waals surface area contributed by atoms with E-state index < -0.39 is 29.6 Å². The van der Waals surface area contributed by atoms with Gasteiger partial charge in [-0.1, -0.05) is 18.1 Å². The number of hydrogen-bond acceptors (Lipinski definition) is 6. The number of benzene rings is 2. The topological polar surface area (TPSA) is 112 Å². The quantitative estimate of drug-likeness (QED) is 0.131. The van der Waals surface area contributed by atoms with Crippen LogP contribution in [0.2, 0.25) is 0 Å². The summed E-state index contributed by atoms with van der Waals surface area (Å²) in [7, 11) is 1.76. The van der Waals surface area contributed by atoms with Gasteiger partial charge in [-0.15, -0.1) is 0 Å². The summed E-state index contributed by atoms with van der Waals surface area (Å²) in [5.41, 5.74) is 9.00. The van der Waals surface area contributed by atoms with Crippen LogP contribution >= 0.6 is 0 Å². The number of aliphatic hydroxyl groups is 1. The highest BCUT2D eigenvalue weighted by atomic mass is 19.3. The Kier molecular flexibility index (Phi) is 8.50. The highest BCUT2D eigenvalue weighted by Crippen LogP contribution is 2.55. The molecule has 3 aromatic heterocycles. The fourth-order valence-electron chi connectivity index (χ4n) is 7.40. The van der Waals surface area contributed by atoms with E-state index in [0.29, 0.717) is 62.7 Å². The van der Waals surface area contributed by atoms with Crippen molar-refractivity contribution in [2.45, 2.75) is 76.4 Å². The summed E-state index contributed by atoms with van der Waals surface area (Å²) in [6, 6.07) is 12.3. The Hall–Kier alpha value is -5.02. The molecule has 3 heterocycles. The average molecular weight is 685 g/mol.